The number of carbonyl (C=O) groups is 2. The van der Waals surface area contributed by atoms with Crippen molar-refractivity contribution in [3.63, 3.8) is 0 Å². The zero-order chi connectivity index (χ0) is 17.3. The Morgan fingerprint density at radius 3 is 2.61 bits per heavy atom. The van der Waals surface area contributed by atoms with Crippen LogP contribution in [-0.2, 0) is 22.2 Å². The SMILES string of the molecule is CC(C)(C)[Si](C)(C)OCc1ccc2c(c1)CCN(CC=O)C2=O. The number of fused-ring (bicyclic) bond motifs is 1. The van der Waals surface area contributed by atoms with Crippen LogP contribution in [0.2, 0.25) is 18.1 Å². The lowest BCUT2D eigenvalue weighted by Crippen LogP contribution is -2.40. The van der Waals surface area contributed by atoms with Crippen molar-refractivity contribution in [3.8, 4) is 0 Å². The van der Waals surface area contributed by atoms with Gasteiger partial charge >= 0.3 is 0 Å². The average Bonchev–Trinajstić information content (AvgIpc) is 2.47. The van der Waals surface area contributed by atoms with Crippen LogP contribution in [0, 0.1) is 0 Å². The summed E-state index contributed by atoms with van der Waals surface area (Å²) in [7, 11) is -1.77. The lowest BCUT2D eigenvalue weighted by Gasteiger charge is -2.36. The minimum Gasteiger partial charge on any atom is -0.413 e. The van der Waals surface area contributed by atoms with Gasteiger partial charge in [-0.2, -0.15) is 0 Å². The van der Waals surface area contributed by atoms with E-state index in [0.717, 1.165) is 23.8 Å². The van der Waals surface area contributed by atoms with Crippen molar-refractivity contribution < 1.29 is 14.0 Å². The molecule has 0 atom stereocenters. The zero-order valence-electron chi connectivity index (χ0n) is 14.8. The molecule has 1 aromatic rings. The molecule has 4 nitrogen and oxygen atoms in total. The molecule has 1 aromatic carbocycles. The van der Waals surface area contributed by atoms with E-state index in [1.807, 2.05) is 12.1 Å². The van der Waals surface area contributed by atoms with Gasteiger partial charge in [0.05, 0.1) is 13.2 Å². The second-order valence-corrected chi connectivity index (χ2v) is 12.5. The normalized spacial score (nSPS) is 15.5. The molecule has 126 valence electrons. The number of nitrogens with zero attached hydrogens (tertiary/aromatic N) is 1. The van der Waals surface area contributed by atoms with E-state index in [1.165, 1.54) is 0 Å². The molecule has 0 unspecified atom stereocenters. The molecule has 0 bridgehead atoms. The molecule has 2 rings (SSSR count). The molecule has 1 aliphatic rings. The molecule has 0 saturated heterocycles. The van der Waals surface area contributed by atoms with Crippen molar-refractivity contribution in [2.24, 2.45) is 0 Å². The van der Waals surface area contributed by atoms with Gasteiger partial charge in [-0.3, -0.25) is 4.79 Å². The molecule has 0 N–H and O–H groups in total. The third kappa shape index (κ3) is 3.90. The smallest absolute Gasteiger partial charge is 0.254 e. The van der Waals surface area contributed by atoms with Gasteiger partial charge in [-0.15, -0.1) is 0 Å². The molecule has 0 radical (unpaired) electrons. The Balaban J connectivity index is 2.11. The van der Waals surface area contributed by atoms with Gasteiger partial charge in [0, 0.05) is 12.1 Å². The number of aldehydes is 1. The number of hydrogen-bond acceptors (Lipinski definition) is 3. The van der Waals surface area contributed by atoms with E-state index in [0.29, 0.717) is 18.7 Å². The van der Waals surface area contributed by atoms with Crippen LogP contribution >= 0.6 is 0 Å². The highest BCUT2D eigenvalue weighted by atomic mass is 28.4. The number of hydrogen-bond donors (Lipinski definition) is 0. The molecule has 0 fully saturated rings. The predicted octanol–water partition coefficient (Wildman–Crippen LogP) is 3.41. The molecule has 1 heterocycles. The Bertz CT molecular complexity index is 605. The summed E-state index contributed by atoms with van der Waals surface area (Å²) in [6.45, 7) is 12.5. The fourth-order valence-electron chi connectivity index (χ4n) is 2.42. The second-order valence-electron chi connectivity index (χ2n) is 7.71. The van der Waals surface area contributed by atoms with Crippen LogP contribution in [-0.4, -0.2) is 38.5 Å². The second kappa shape index (κ2) is 6.57. The number of benzene rings is 1. The minimum atomic E-state index is -1.77. The number of rotatable bonds is 5. The fraction of sp³-hybridized carbons (Fsp3) is 0.556. The largest absolute Gasteiger partial charge is 0.413 e. The molecule has 0 saturated carbocycles. The highest BCUT2D eigenvalue weighted by molar-refractivity contribution is 6.74. The summed E-state index contributed by atoms with van der Waals surface area (Å²) in [4.78, 5) is 24.5. The first kappa shape index (κ1) is 17.9. The fourth-order valence-corrected chi connectivity index (χ4v) is 3.38. The average molecular weight is 334 g/mol. The molecule has 1 amide bonds. The molecule has 23 heavy (non-hydrogen) atoms. The quantitative estimate of drug-likeness (QED) is 0.613. The Labute approximate surface area is 140 Å². The third-order valence-electron chi connectivity index (χ3n) is 5.04. The van der Waals surface area contributed by atoms with E-state index in [9.17, 15) is 9.59 Å². The van der Waals surface area contributed by atoms with Crippen molar-refractivity contribution in [3.05, 3.63) is 34.9 Å². The molecule has 1 aliphatic heterocycles. The summed E-state index contributed by atoms with van der Waals surface area (Å²) in [5, 5.41) is 0.187. The molecule has 0 aromatic heterocycles. The van der Waals surface area contributed by atoms with Gasteiger partial charge in [-0.05, 0) is 41.7 Å². The zero-order valence-corrected chi connectivity index (χ0v) is 15.8. The van der Waals surface area contributed by atoms with Crippen molar-refractivity contribution in [1.82, 2.24) is 4.90 Å². The topological polar surface area (TPSA) is 46.6 Å². The van der Waals surface area contributed by atoms with Crippen LogP contribution in [0.3, 0.4) is 0 Å². The van der Waals surface area contributed by atoms with Gasteiger partial charge in [0.25, 0.3) is 5.91 Å². The van der Waals surface area contributed by atoms with E-state index < -0.39 is 8.32 Å². The predicted molar refractivity (Wildman–Crippen MR) is 94.1 cm³/mol. The van der Waals surface area contributed by atoms with E-state index in [-0.39, 0.29) is 17.5 Å². The third-order valence-corrected chi connectivity index (χ3v) is 9.52. The van der Waals surface area contributed by atoms with E-state index in [2.05, 4.69) is 39.9 Å². The number of amides is 1. The maximum atomic E-state index is 12.3. The highest BCUT2D eigenvalue weighted by Gasteiger charge is 2.37. The minimum absolute atomic E-state index is 0.0461. The number of carbonyl (C=O) groups excluding carboxylic acids is 2. The van der Waals surface area contributed by atoms with Crippen LogP contribution in [0.4, 0.5) is 0 Å². The Hall–Kier alpha value is -1.46. The molecule has 0 spiro atoms. The van der Waals surface area contributed by atoms with Gasteiger partial charge in [0.1, 0.15) is 6.29 Å². The Kier molecular flexibility index (Phi) is 5.11. The molecule has 0 aliphatic carbocycles. The van der Waals surface area contributed by atoms with Crippen molar-refractivity contribution >= 4 is 20.5 Å². The van der Waals surface area contributed by atoms with Crippen molar-refractivity contribution in [2.45, 2.75) is 51.9 Å². The summed E-state index contributed by atoms with van der Waals surface area (Å²) < 4.78 is 6.25. The van der Waals surface area contributed by atoms with Gasteiger partial charge in [0.15, 0.2) is 8.32 Å². The lowest BCUT2D eigenvalue weighted by molar-refractivity contribution is -0.108. The van der Waals surface area contributed by atoms with Crippen LogP contribution in [0.25, 0.3) is 0 Å². The van der Waals surface area contributed by atoms with Crippen molar-refractivity contribution in [1.29, 1.82) is 0 Å². The van der Waals surface area contributed by atoms with Crippen LogP contribution in [0.5, 0.6) is 0 Å². The van der Waals surface area contributed by atoms with Crippen molar-refractivity contribution in [2.75, 3.05) is 13.1 Å². The maximum absolute atomic E-state index is 12.3. The molecule has 5 heteroatoms. The molecular weight excluding hydrogens is 306 g/mol. The standard InChI is InChI=1S/C18H27NO3Si/c1-18(2,3)23(4,5)22-13-14-6-7-16-15(12-14)8-9-19(10-11-20)17(16)21/h6-7,11-12H,8-10,13H2,1-5H3. The van der Waals surface area contributed by atoms with E-state index in [4.69, 9.17) is 4.43 Å². The summed E-state index contributed by atoms with van der Waals surface area (Å²) in [6, 6.07) is 5.92. The first-order chi connectivity index (χ1) is 10.7. The monoisotopic (exact) mass is 333 g/mol. The van der Waals surface area contributed by atoms with Crippen LogP contribution in [0.1, 0.15) is 42.3 Å². The van der Waals surface area contributed by atoms with Crippen LogP contribution in [0.15, 0.2) is 18.2 Å². The summed E-state index contributed by atoms with van der Waals surface area (Å²) in [6.07, 6.45) is 1.58. The summed E-state index contributed by atoms with van der Waals surface area (Å²) in [5.41, 5.74) is 2.90. The van der Waals surface area contributed by atoms with Gasteiger partial charge in [0.2, 0.25) is 0 Å². The van der Waals surface area contributed by atoms with Gasteiger partial charge < -0.3 is 14.1 Å². The highest BCUT2D eigenvalue weighted by Crippen LogP contribution is 2.37. The van der Waals surface area contributed by atoms with Crippen LogP contribution < -0.4 is 0 Å². The first-order valence-corrected chi connectivity index (χ1v) is 11.1. The van der Waals surface area contributed by atoms with Gasteiger partial charge in [-0.1, -0.05) is 32.9 Å². The summed E-state index contributed by atoms with van der Waals surface area (Å²) in [5.74, 6) is -0.0461. The first-order valence-electron chi connectivity index (χ1n) is 8.14. The van der Waals surface area contributed by atoms with Gasteiger partial charge in [-0.25, -0.2) is 0 Å². The maximum Gasteiger partial charge on any atom is 0.254 e. The molecular formula is C18H27NO3Si. The lowest BCUT2D eigenvalue weighted by atomic mass is 9.97. The van der Waals surface area contributed by atoms with E-state index in [1.54, 1.807) is 4.90 Å². The van der Waals surface area contributed by atoms with E-state index >= 15 is 0 Å². The Morgan fingerprint density at radius 2 is 2.00 bits per heavy atom. The Morgan fingerprint density at radius 1 is 1.30 bits per heavy atom. The summed E-state index contributed by atoms with van der Waals surface area (Å²) >= 11 is 0.